The molecule has 0 aliphatic carbocycles. The molecule has 3 rings (SSSR count). The zero-order chi connectivity index (χ0) is 18.2. The maximum absolute atomic E-state index is 11.4. The van der Waals surface area contributed by atoms with E-state index in [1.807, 2.05) is 35.2 Å². The number of hydrogen-bond donors (Lipinski definition) is 1. The number of nitrogens with one attached hydrogen (secondary N) is 1. The molecule has 1 aromatic carbocycles. The third kappa shape index (κ3) is 5.16. The number of rotatable bonds is 7. The average Bonchev–Trinajstić information content (AvgIpc) is 3.13. The second-order valence-electron chi connectivity index (χ2n) is 5.60. The molecule has 1 aliphatic heterocycles. The summed E-state index contributed by atoms with van der Waals surface area (Å²) < 4.78 is 10.4. The minimum Gasteiger partial charge on any atom is -0.486 e. The predicted octanol–water partition coefficient (Wildman–Crippen LogP) is 2.15. The molecule has 0 saturated carbocycles. The molecule has 0 amide bonds. The number of guanidine groups is 1. The van der Waals surface area contributed by atoms with Gasteiger partial charge in [-0.1, -0.05) is 29.5 Å². The van der Waals surface area contributed by atoms with Crippen LogP contribution >= 0.6 is 11.3 Å². The van der Waals surface area contributed by atoms with Gasteiger partial charge in [0, 0.05) is 19.6 Å². The highest BCUT2D eigenvalue weighted by Crippen LogP contribution is 2.19. The van der Waals surface area contributed by atoms with Crippen LogP contribution in [-0.2, 0) is 16.1 Å². The van der Waals surface area contributed by atoms with Crippen molar-refractivity contribution < 1.29 is 14.3 Å². The molecule has 0 saturated heterocycles. The van der Waals surface area contributed by atoms with E-state index >= 15 is 0 Å². The van der Waals surface area contributed by atoms with Crippen LogP contribution in [0.15, 0.2) is 35.3 Å². The van der Waals surface area contributed by atoms with Crippen molar-refractivity contribution >= 4 is 28.4 Å². The number of anilines is 1. The Morgan fingerprint density at radius 2 is 2.15 bits per heavy atom. The van der Waals surface area contributed by atoms with Crippen molar-refractivity contribution in [1.82, 2.24) is 15.1 Å². The van der Waals surface area contributed by atoms with Crippen LogP contribution in [0.5, 0.6) is 5.75 Å². The van der Waals surface area contributed by atoms with Crippen LogP contribution in [0.4, 0.5) is 5.13 Å². The molecule has 1 N–H and O–H groups in total. The van der Waals surface area contributed by atoms with Gasteiger partial charge in [-0.15, -0.1) is 10.2 Å². The van der Waals surface area contributed by atoms with Crippen LogP contribution < -0.4 is 10.1 Å². The number of benzene rings is 1. The molecule has 2 heterocycles. The summed E-state index contributed by atoms with van der Waals surface area (Å²) in [6.07, 6.45) is 1.28. The van der Waals surface area contributed by atoms with E-state index in [0.29, 0.717) is 30.7 Å². The summed E-state index contributed by atoms with van der Waals surface area (Å²) in [5.74, 6) is 1.28. The van der Waals surface area contributed by atoms with Gasteiger partial charge in [0.25, 0.3) is 0 Å². The van der Waals surface area contributed by atoms with Gasteiger partial charge in [0.15, 0.2) is 11.0 Å². The van der Waals surface area contributed by atoms with Crippen LogP contribution in [-0.4, -0.2) is 53.8 Å². The van der Waals surface area contributed by atoms with Gasteiger partial charge in [0.2, 0.25) is 5.13 Å². The lowest BCUT2D eigenvalue weighted by Gasteiger charge is -2.28. The number of nitrogens with zero attached hydrogens (tertiary/aromatic N) is 4. The molecular formula is C17H21N5O3S. The quantitative estimate of drug-likeness (QED) is 0.742. The summed E-state index contributed by atoms with van der Waals surface area (Å²) in [6, 6.07) is 9.59. The molecule has 0 unspecified atom stereocenters. The molecule has 0 fully saturated rings. The number of carbonyl (C=O) groups is 1. The molecule has 0 radical (unpaired) electrons. The fourth-order valence-corrected chi connectivity index (χ4v) is 3.08. The summed E-state index contributed by atoms with van der Waals surface area (Å²) in [5.41, 5.74) is 0. The molecule has 2 aromatic rings. The monoisotopic (exact) mass is 375 g/mol. The van der Waals surface area contributed by atoms with Gasteiger partial charge in [-0.05, 0) is 18.6 Å². The Bertz CT molecular complexity index is 750. The lowest BCUT2D eigenvalue weighted by atomic mass is 10.3. The predicted molar refractivity (Wildman–Crippen MR) is 99.4 cm³/mol. The summed E-state index contributed by atoms with van der Waals surface area (Å²) in [6.45, 7) is 2.51. The van der Waals surface area contributed by atoms with E-state index in [1.165, 1.54) is 18.4 Å². The van der Waals surface area contributed by atoms with Crippen molar-refractivity contribution in [3.63, 3.8) is 0 Å². The fraction of sp³-hybridized carbons (Fsp3) is 0.412. The highest BCUT2D eigenvalue weighted by Gasteiger charge is 2.18. The maximum Gasteiger partial charge on any atom is 0.307 e. The third-order valence-electron chi connectivity index (χ3n) is 3.75. The molecule has 0 spiro atoms. The minimum atomic E-state index is -0.230. The van der Waals surface area contributed by atoms with Crippen LogP contribution in [0, 0.1) is 0 Å². The van der Waals surface area contributed by atoms with Crippen molar-refractivity contribution in [3.05, 3.63) is 35.3 Å². The van der Waals surface area contributed by atoms with Crippen LogP contribution in [0.2, 0.25) is 0 Å². The van der Waals surface area contributed by atoms with Crippen molar-refractivity contribution in [1.29, 1.82) is 0 Å². The Kier molecular flexibility index (Phi) is 6.37. The Balaban J connectivity index is 1.55. The maximum atomic E-state index is 11.4. The molecule has 0 bridgehead atoms. The molecule has 1 aromatic heterocycles. The van der Waals surface area contributed by atoms with Crippen LogP contribution in [0.3, 0.4) is 0 Å². The van der Waals surface area contributed by atoms with Crippen molar-refractivity contribution in [2.24, 2.45) is 4.99 Å². The SMILES string of the molecule is COC(=O)CCN1CCCN=C1Nc1nnc(COc2ccccc2)s1. The standard InChI is InChI=1S/C17H21N5O3S/c1-24-15(23)8-11-22-10-5-9-18-16(22)19-17-21-20-14(26-17)12-25-13-6-3-2-4-7-13/h2-4,6-7H,5,8-12H2,1H3,(H,18,19,21). The number of ether oxygens (including phenoxy) is 2. The Labute approximate surface area is 155 Å². The average molecular weight is 375 g/mol. The first-order valence-corrected chi connectivity index (χ1v) is 9.19. The molecule has 0 atom stereocenters. The van der Waals surface area contributed by atoms with Crippen molar-refractivity contribution in [3.8, 4) is 5.75 Å². The van der Waals surface area contributed by atoms with E-state index in [1.54, 1.807) is 0 Å². The molecule has 26 heavy (non-hydrogen) atoms. The zero-order valence-corrected chi connectivity index (χ0v) is 15.4. The Morgan fingerprint density at radius 3 is 2.96 bits per heavy atom. The van der Waals surface area contributed by atoms with E-state index in [2.05, 4.69) is 20.5 Å². The molecule has 1 aliphatic rings. The van der Waals surface area contributed by atoms with Crippen LogP contribution in [0.1, 0.15) is 17.8 Å². The van der Waals surface area contributed by atoms with Gasteiger partial charge in [-0.3, -0.25) is 9.79 Å². The highest BCUT2D eigenvalue weighted by molar-refractivity contribution is 7.15. The Hall–Kier alpha value is -2.68. The molecule has 9 heteroatoms. The van der Waals surface area contributed by atoms with E-state index in [-0.39, 0.29) is 5.97 Å². The fourth-order valence-electron chi connectivity index (χ4n) is 2.44. The first-order valence-electron chi connectivity index (χ1n) is 8.38. The molecular weight excluding hydrogens is 354 g/mol. The largest absolute Gasteiger partial charge is 0.486 e. The number of hydrogen-bond acceptors (Lipinski definition) is 9. The van der Waals surface area contributed by atoms with Gasteiger partial charge in [-0.25, -0.2) is 0 Å². The number of methoxy groups -OCH3 is 1. The topological polar surface area (TPSA) is 88.9 Å². The first-order chi connectivity index (χ1) is 12.7. The smallest absolute Gasteiger partial charge is 0.307 e. The second kappa shape index (κ2) is 9.14. The molecule has 138 valence electrons. The van der Waals surface area contributed by atoms with Crippen molar-refractivity contribution in [2.45, 2.75) is 19.4 Å². The van der Waals surface area contributed by atoms with Gasteiger partial charge >= 0.3 is 5.97 Å². The van der Waals surface area contributed by atoms with Crippen molar-refractivity contribution in [2.75, 3.05) is 32.1 Å². The number of aliphatic imine (C=N–C) groups is 1. The lowest BCUT2D eigenvalue weighted by Crippen LogP contribution is -2.41. The lowest BCUT2D eigenvalue weighted by molar-refractivity contribution is -0.140. The highest BCUT2D eigenvalue weighted by atomic mass is 32.1. The minimum absolute atomic E-state index is 0.230. The van der Waals surface area contributed by atoms with Gasteiger partial charge in [0.05, 0.1) is 13.5 Å². The van der Waals surface area contributed by atoms with E-state index in [0.717, 1.165) is 30.3 Å². The summed E-state index contributed by atoms with van der Waals surface area (Å²) >= 11 is 1.42. The van der Waals surface area contributed by atoms with E-state index in [9.17, 15) is 4.79 Å². The van der Waals surface area contributed by atoms with E-state index < -0.39 is 0 Å². The number of para-hydroxylation sites is 1. The van der Waals surface area contributed by atoms with E-state index in [4.69, 9.17) is 9.47 Å². The number of carbonyl (C=O) groups excluding carboxylic acids is 1. The third-order valence-corrected chi connectivity index (χ3v) is 4.56. The summed E-state index contributed by atoms with van der Waals surface area (Å²) in [5, 5.41) is 12.9. The molecule has 8 nitrogen and oxygen atoms in total. The normalized spacial score (nSPS) is 13.9. The second-order valence-corrected chi connectivity index (χ2v) is 6.66. The van der Waals surface area contributed by atoms with Gasteiger partial charge in [0.1, 0.15) is 12.4 Å². The Morgan fingerprint density at radius 1 is 1.31 bits per heavy atom. The number of aromatic nitrogens is 2. The summed E-state index contributed by atoms with van der Waals surface area (Å²) in [4.78, 5) is 17.9. The van der Waals surface area contributed by atoms with Gasteiger partial charge in [-0.2, -0.15) is 0 Å². The number of esters is 1. The summed E-state index contributed by atoms with van der Waals surface area (Å²) in [7, 11) is 1.39. The van der Waals surface area contributed by atoms with Gasteiger partial charge < -0.3 is 19.7 Å². The van der Waals surface area contributed by atoms with Crippen LogP contribution in [0.25, 0.3) is 0 Å². The first kappa shape index (κ1) is 18.1. The zero-order valence-electron chi connectivity index (χ0n) is 14.6.